The zero-order valence-electron chi connectivity index (χ0n) is 13.2. The molecule has 0 aliphatic carbocycles. The fourth-order valence-electron chi connectivity index (χ4n) is 2.18. The van der Waals surface area contributed by atoms with Gasteiger partial charge in [0.1, 0.15) is 5.75 Å². The van der Waals surface area contributed by atoms with Gasteiger partial charge in [0, 0.05) is 11.5 Å². The SMILES string of the molecule is COc1cc(C(C)N)ccc1B1OC(C)(C)C(C)(C)O1. The van der Waals surface area contributed by atoms with E-state index in [0.717, 1.165) is 16.8 Å². The number of hydrogen-bond acceptors (Lipinski definition) is 4. The maximum atomic E-state index is 6.06. The highest BCUT2D eigenvalue weighted by molar-refractivity contribution is 6.63. The Balaban J connectivity index is 2.35. The summed E-state index contributed by atoms with van der Waals surface area (Å²) in [6, 6.07) is 5.88. The lowest BCUT2D eigenvalue weighted by Crippen LogP contribution is -2.41. The highest BCUT2D eigenvalue weighted by atomic mass is 16.7. The maximum absolute atomic E-state index is 6.06. The van der Waals surface area contributed by atoms with Crippen molar-refractivity contribution in [1.29, 1.82) is 0 Å². The summed E-state index contributed by atoms with van der Waals surface area (Å²) in [4.78, 5) is 0. The summed E-state index contributed by atoms with van der Waals surface area (Å²) in [5.41, 5.74) is 7.12. The average molecular weight is 277 g/mol. The molecule has 20 heavy (non-hydrogen) atoms. The molecule has 1 fully saturated rings. The number of hydrogen-bond donors (Lipinski definition) is 1. The van der Waals surface area contributed by atoms with E-state index in [1.54, 1.807) is 7.11 Å². The van der Waals surface area contributed by atoms with E-state index in [-0.39, 0.29) is 17.2 Å². The van der Waals surface area contributed by atoms with Crippen molar-refractivity contribution in [3.05, 3.63) is 23.8 Å². The molecule has 1 aromatic carbocycles. The third-order valence-corrected chi connectivity index (χ3v) is 4.29. The normalized spacial score (nSPS) is 21.9. The van der Waals surface area contributed by atoms with Crippen molar-refractivity contribution in [2.75, 3.05) is 7.11 Å². The van der Waals surface area contributed by atoms with Gasteiger partial charge in [-0.15, -0.1) is 0 Å². The van der Waals surface area contributed by atoms with Gasteiger partial charge in [0.15, 0.2) is 0 Å². The Kier molecular flexibility index (Phi) is 3.89. The maximum Gasteiger partial charge on any atom is 0.498 e. The lowest BCUT2D eigenvalue weighted by atomic mass is 9.77. The first kappa shape index (κ1) is 15.4. The molecule has 110 valence electrons. The van der Waals surface area contributed by atoms with E-state index in [1.807, 2.05) is 52.8 Å². The van der Waals surface area contributed by atoms with E-state index >= 15 is 0 Å². The minimum atomic E-state index is -0.419. The van der Waals surface area contributed by atoms with Gasteiger partial charge in [-0.3, -0.25) is 0 Å². The molecule has 0 saturated carbocycles. The molecule has 1 saturated heterocycles. The molecule has 0 amide bonds. The van der Waals surface area contributed by atoms with Crippen LogP contribution in [0.1, 0.15) is 46.2 Å². The molecule has 2 N–H and O–H groups in total. The summed E-state index contributed by atoms with van der Waals surface area (Å²) in [6.07, 6.45) is 0. The van der Waals surface area contributed by atoms with Crippen molar-refractivity contribution in [3.8, 4) is 5.75 Å². The fraction of sp³-hybridized carbons (Fsp3) is 0.600. The number of methoxy groups -OCH3 is 1. The van der Waals surface area contributed by atoms with Crippen LogP contribution in [0.5, 0.6) is 5.75 Å². The van der Waals surface area contributed by atoms with E-state index in [0.29, 0.717) is 0 Å². The summed E-state index contributed by atoms with van der Waals surface area (Å²) in [5, 5.41) is 0. The Morgan fingerprint density at radius 3 is 2.15 bits per heavy atom. The van der Waals surface area contributed by atoms with Gasteiger partial charge in [0.25, 0.3) is 0 Å². The number of rotatable bonds is 3. The molecule has 2 rings (SSSR count). The van der Waals surface area contributed by atoms with Crippen LogP contribution in [-0.4, -0.2) is 25.4 Å². The van der Waals surface area contributed by atoms with E-state index in [1.165, 1.54) is 0 Å². The first-order valence-electron chi connectivity index (χ1n) is 6.97. The van der Waals surface area contributed by atoms with Gasteiger partial charge >= 0.3 is 7.12 Å². The third kappa shape index (κ3) is 2.58. The van der Waals surface area contributed by atoms with Crippen molar-refractivity contribution >= 4 is 12.6 Å². The molecule has 5 heteroatoms. The molecular formula is C15H24BNO3. The Morgan fingerprint density at radius 1 is 1.15 bits per heavy atom. The first-order valence-corrected chi connectivity index (χ1v) is 6.97. The van der Waals surface area contributed by atoms with Crippen LogP contribution < -0.4 is 15.9 Å². The van der Waals surface area contributed by atoms with Gasteiger partial charge in [-0.25, -0.2) is 0 Å². The molecule has 1 unspecified atom stereocenters. The van der Waals surface area contributed by atoms with Crippen molar-refractivity contribution in [2.24, 2.45) is 5.73 Å². The Bertz CT molecular complexity index is 484. The zero-order valence-corrected chi connectivity index (χ0v) is 13.2. The summed E-state index contributed by atoms with van der Waals surface area (Å²) in [6.45, 7) is 10.1. The lowest BCUT2D eigenvalue weighted by molar-refractivity contribution is 0.00578. The predicted octanol–water partition coefficient (Wildman–Crippen LogP) is 2.01. The highest BCUT2D eigenvalue weighted by Crippen LogP contribution is 2.37. The first-order chi connectivity index (χ1) is 9.18. The number of ether oxygens (including phenoxy) is 1. The molecule has 0 aromatic heterocycles. The third-order valence-electron chi connectivity index (χ3n) is 4.29. The van der Waals surface area contributed by atoms with E-state index in [2.05, 4.69) is 0 Å². The second-order valence-electron chi connectivity index (χ2n) is 6.38. The van der Waals surface area contributed by atoms with Gasteiger partial charge in [-0.2, -0.15) is 0 Å². The molecule has 0 spiro atoms. The molecule has 0 radical (unpaired) electrons. The Morgan fingerprint density at radius 2 is 1.70 bits per heavy atom. The van der Waals surface area contributed by atoms with Crippen molar-refractivity contribution in [1.82, 2.24) is 0 Å². The van der Waals surface area contributed by atoms with E-state index in [4.69, 9.17) is 19.8 Å². The summed E-state index contributed by atoms with van der Waals surface area (Å²) in [5.74, 6) is 0.748. The standard InChI is InChI=1S/C15H24BNO3/c1-10(17)11-7-8-12(13(9-11)18-6)16-19-14(2,3)15(4,5)20-16/h7-10H,17H2,1-6H3. The highest BCUT2D eigenvalue weighted by Gasteiger charge is 2.52. The Hall–Kier alpha value is -1.04. The van der Waals surface area contributed by atoms with Crippen LogP contribution in [0.25, 0.3) is 0 Å². The molecule has 1 aliphatic rings. The predicted molar refractivity (Wildman–Crippen MR) is 81.3 cm³/mol. The smallest absolute Gasteiger partial charge is 0.497 e. The monoisotopic (exact) mass is 277 g/mol. The van der Waals surface area contributed by atoms with Gasteiger partial charge in [-0.1, -0.05) is 12.1 Å². The number of nitrogens with two attached hydrogens (primary N) is 1. The minimum Gasteiger partial charge on any atom is -0.497 e. The summed E-state index contributed by atoms with van der Waals surface area (Å²) in [7, 11) is 1.23. The fourth-order valence-corrected chi connectivity index (χ4v) is 2.18. The quantitative estimate of drug-likeness (QED) is 0.859. The van der Waals surface area contributed by atoms with E-state index < -0.39 is 7.12 Å². The molecule has 1 aliphatic heterocycles. The number of benzene rings is 1. The molecular weight excluding hydrogens is 253 g/mol. The van der Waals surface area contributed by atoms with Crippen LogP contribution in [-0.2, 0) is 9.31 Å². The second-order valence-corrected chi connectivity index (χ2v) is 6.38. The van der Waals surface area contributed by atoms with Crippen LogP contribution in [0.4, 0.5) is 0 Å². The largest absolute Gasteiger partial charge is 0.498 e. The van der Waals surface area contributed by atoms with Crippen molar-refractivity contribution in [3.63, 3.8) is 0 Å². The molecule has 1 aromatic rings. The van der Waals surface area contributed by atoms with Gasteiger partial charge in [-0.05, 0) is 46.2 Å². The van der Waals surface area contributed by atoms with Gasteiger partial charge in [0.05, 0.1) is 18.3 Å². The van der Waals surface area contributed by atoms with Gasteiger partial charge in [0.2, 0.25) is 0 Å². The minimum absolute atomic E-state index is 0.0313. The van der Waals surface area contributed by atoms with Crippen LogP contribution in [0.3, 0.4) is 0 Å². The van der Waals surface area contributed by atoms with Crippen molar-refractivity contribution in [2.45, 2.75) is 51.9 Å². The van der Waals surface area contributed by atoms with Crippen molar-refractivity contribution < 1.29 is 14.0 Å². The Labute approximate surface area is 121 Å². The zero-order chi connectivity index (χ0) is 15.1. The van der Waals surface area contributed by atoms with Gasteiger partial charge < -0.3 is 19.8 Å². The van der Waals surface area contributed by atoms with Crippen LogP contribution in [0.2, 0.25) is 0 Å². The second kappa shape index (κ2) is 5.06. The topological polar surface area (TPSA) is 53.7 Å². The average Bonchev–Trinajstić information content (AvgIpc) is 2.57. The molecule has 4 nitrogen and oxygen atoms in total. The summed E-state index contributed by atoms with van der Waals surface area (Å²) < 4.78 is 17.6. The molecule has 0 bridgehead atoms. The lowest BCUT2D eigenvalue weighted by Gasteiger charge is -2.32. The van der Waals surface area contributed by atoms with Crippen LogP contribution >= 0.6 is 0 Å². The molecule has 1 heterocycles. The van der Waals surface area contributed by atoms with Crippen LogP contribution in [0.15, 0.2) is 18.2 Å². The molecule has 1 atom stereocenters. The van der Waals surface area contributed by atoms with E-state index in [9.17, 15) is 0 Å². The summed E-state index contributed by atoms with van der Waals surface area (Å²) >= 11 is 0. The van der Waals surface area contributed by atoms with Crippen LogP contribution in [0, 0.1) is 0 Å².